The minimum absolute atomic E-state index is 0.00796. The fourth-order valence-electron chi connectivity index (χ4n) is 6.85. The third-order valence-electron chi connectivity index (χ3n) is 10.8. The first-order valence-corrected chi connectivity index (χ1v) is 25.0. The Morgan fingerprint density at radius 3 is 1.50 bits per heavy atom. The van der Waals surface area contributed by atoms with Crippen LogP contribution in [0.1, 0.15) is 174 Å². The van der Waals surface area contributed by atoms with Crippen molar-refractivity contribution in [2.75, 3.05) is 13.2 Å². The molecule has 0 heterocycles. The number of allylic oxidation sites excluding steroid dienone is 8. The highest BCUT2D eigenvalue weighted by molar-refractivity contribution is 7.47. The van der Waals surface area contributed by atoms with E-state index in [0.717, 1.165) is 57.8 Å². The second kappa shape index (κ2) is 37.0. The molecule has 7 unspecified atom stereocenters. The Hall–Kier alpha value is -2.23. The Morgan fingerprint density at radius 2 is 1.00 bits per heavy atom. The molecule has 0 aliphatic heterocycles. The molecule has 1 rings (SSSR count). The number of esters is 2. The van der Waals surface area contributed by atoms with Crippen molar-refractivity contribution < 1.29 is 68.2 Å². The van der Waals surface area contributed by atoms with Crippen LogP contribution in [-0.2, 0) is 32.7 Å². The number of hydrogen-bond donors (Lipinski definition) is 7. The molecule has 0 saturated heterocycles. The van der Waals surface area contributed by atoms with Gasteiger partial charge in [0.1, 0.15) is 43.2 Å². The standard InChI is InChI=1S/C47H83O14P/c1-3-5-6-7-8-9-10-11-12-16-19-22-25-28-31-34-40(49)58-36-39(37-59-62(56,57)61-47-45(54)43(52)42(51)44(53)46(47)55)60-41(50)35-32-29-26-23-20-17-14-13-15-18-21-24-27-30-33-38(48)4-2/h14-15,17-18,23-24,26-27,38-39,42-48,51-55H,3-13,16,19-22,25,28-37H2,1-2H3,(H,56,57). The summed E-state index contributed by atoms with van der Waals surface area (Å²) in [6, 6.07) is 0. The Balaban J connectivity index is 2.50. The van der Waals surface area contributed by atoms with Crippen molar-refractivity contribution in [3.05, 3.63) is 48.6 Å². The summed E-state index contributed by atoms with van der Waals surface area (Å²) in [7, 11) is -5.14. The van der Waals surface area contributed by atoms with Gasteiger partial charge in [-0.3, -0.25) is 18.6 Å². The molecule has 0 radical (unpaired) electrons. The normalized spacial score (nSPS) is 22.8. The molecule has 0 aromatic carbocycles. The van der Waals surface area contributed by atoms with E-state index < -0.39 is 75.7 Å². The zero-order valence-corrected chi connectivity index (χ0v) is 38.7. The average molecular weight is 903 g/mol. The number of carbonyl (C=O) groups excluding carboxylic acids is 2. The third-order valence-corrected chi connectivity index (χ3v) is 11.8. The quantitative estimate of drug-likeness (QED) is 0.0134. The Kier molecular flexibility index (Phi) is 34.5. The van der Waals surface area contributed by atoms with E-state index in [2.05, 4.69) is 43.4 Å². The molecule has 1 aliphatic carbocycles. The minimum atomic E-state index is -5.14. The zero-order valence-electron chi connectivity index (χ0n) is 37.8. The molecule has 360 valence electrons. The van der Waals surface area contributed by atoms with Crippen LogP contribution in [0.3, 0.4) is 0 Å². The lowest BCUT2D eigenvalue weighted by atomic mass is 9.85. The summed E-state index contributed by atoms with van der Waals surface area (Å²) in [5.74, 6) is -1.18. The largest absolute Gasteiger partial charge is 0.472 e. The molecule has 0 aromatic heterocycles. The molecule has 0 aromatic rings. The zero-order chi connectivity index (χ0) is 45.9. The molecule has 1 fully saturated rings. The molecule has 14 nitrogen and oxygen atoms in total. The number of ether oxygens (including phenoxy) is 2. The van der Waals surface area contributed by atoms with Gasteiger partial charge in [-0.1, -0.05) is 152 Å². The van der Waals surface area contributed by atoms with E-state index in [1.807, 2.05) is 19.1 Å². The van der Waals surface area contributed by atoms with E-state index in [4.69, 9.17) is 18.5 Å². The van der Waals surface area contributed by atoms with Crippen LogP contribution in [0.2, 0.25) is 0 Å². The van der Waals surface area contributed by atoms with Gasteiger partial charge in [0, 0.05) is 12.8 Å². The van der Waals surface area contributed by atoms with Crippen molar-refractivity contribution in [3.8, 4) is 0 Å². The maximum absolute atomic E-state index is 12.8. The highest BCUT2D eigenvalue weighted by Crippen LogP contribution is 2.47. The highest BCUT2D eigenvalue weighted by Gasteiger charge is 2.51. The molecule has 1 aliphatic rings. The lowest BCUT2D eigenvalue weighted by Gasteiger charge is -2.41. The van der Waals surface area contributed by atoms with Gasteiger partial charge in [-0.05, 0) is 57.8 Å². The van der Waals surface area contributed by atoms with Gasteiger partial charge in [-0.15, -0.1) is 0 Å². The van der Waals surface area contributed by atoms with Crippen molar-refractivity contribution in [2.24, 2.45) is 0 Å². The minimum Gasteiger partial charge on any atom is -0.462 e. The van der Waals surface area contributed by atoms with Crippen LogP contribution in [0.4, 0.5) is 0 Å². The number of phosphoric acid groups is 1. The summed E-state index contributed by atoms with van der Waals surface area (Å²) in [6.07, 6.45) is 26.8. The molecule has 0 bridgehead atoms. The van der Waals surface area contributed by atoms with Gasteiger partial charge < -0.3 is 45.0 Å². The third kappa shape index (κ3) is 29.3. The fraction of sp³-hybridized carbons (Fsp3) is 0.787. The van der Waals surface area contributed by atoms with Crippen molar-refractivity contribution in [1.82, 2.24) is 0 Å². The second-order valence-corrected chi connectivity index (χ2v) is 17.8. The van der Waals surface area contributed by atoms with Crippen molar-refractivity contribution >= 4 is 19.8 Å². The number of aliphatic hydroxyl groups excluding tert-OH is 6. The van der Waals surface area contributed by atoms with E-state index in [0.29, 0.717) is 19.3 Å². The lowest BCUT2D eigenvalue weighted by molar-refractivity contribution is -0.220. The monoisotopic (exact) mass is 903 g/mol. The van der Waals surface area contributed by atoms with Gasteiger partial charge in [-0.25, -0.2) is 4.57 Å². The number of unbranched alkanes of at least 4 members (excludes halogenated alkanes) is 15. The first-order chi connectivity index (χ1) is 29.8. The molecule has 7 N–H and O–H groups in total. The number of hydrogen-bond acceptors (Lipinski definition) is 13. The predicted molar refractivity (Wildman–Crippen MR) is 241 cm³/mol. The van der Waals surface area contributed by atoms with Gasteiger partial charge in [0.05, 0.1) is 12.7 Å². The van der Waals surface area contributed by atoms with E-state index in [-0.39, 0.29) is 18.9 Å². The highest BCUT2D eigenvalue weighted by atomic mass is 31.2. The summed E-state index contributed by atoms with van der Waals surface area (Å²) < 4.78 is 33.5. The number of aliphatic hydroxyl groups is 6. The summed E-state index contributed by atoms with van der Waals surface area (Å²) in [5.41, 5.74) is 0. The van der Waals surface area contributed by atoms with E-state index in [1.54, 1.807) is 0 Å². The molecule has 0 amide bonds. The van der Waals surface area contributed by atoms with Crippen LogP contribution in [0.5, 0.6) is 0 Å². The maximum Gasteiger partial charge on any atom is 0.472 e. The first-order valence-electron chi connectivity index (χ1n) is 23.5. The Bertz CT molecular complexity index is 1290. The van der Waals surface area contributed by atoms with Crippen LogP contribution in [0.25, 0.3) is 0 Å². The SMILES string of the molecule is CCCCCCCCCCCCCCCCCC(=O)OCC(COP(=O)(O)OC1C(O)C(O)C(O)C(O)C1O)OC(=O)CCCC=CCC=CCC=CCC=CCCC(O)CC. The average Bonchev–Trinajstić information content (AvgIpc) is 3.25. The Morgan fingerprint density at radius 1 is 0.565 bits per heavy atom. The summed E-state index contributed by atoms with van der Waals surface area (Å²) in [5, 5.41) is 59.7. The number of rotatable bonds is 38. The molecule has 15 heteroatoms. The molecule has 1 saturated carbocycles. The van der Waals surface area contributed by atoms with Gasteiger partial charge in [0.2, 0.25) is 0 Å². The maximum atomic E-state index is 12.8. The van der Waals surface area contributed by atoms with E-state index in [9.17, 15) is 49.7 Å². The summed E-state index contributed by atoms with van der Waals surface area (Å²) >= 11 is 0. The number of phosphoric ester groups is 1. The Labute approximate surface area is 372 Å². The van der Waals surface area contributed by atoms with Gasteiger partial charge in [-0.2, -0.15) is 0 Å². The van der Waals surface area contributed by atoms with Crippen LogP contribution in [0, 0.1) is 0 Å². The fourth-order valence-corrected chi connectivity index (χ4v) is 7.82. The van der Waals surface area contributed by atoms with Crippen molar-refractivity contribution in [1.29, 1.82) is 0 Å². The van der Waals surface area contributed by atoms with Crippen LogP contribution < -0.4 is 0 Å². The predicted octanol–water partition coefficient (Wildman–Crippen LogP) is 8.14. The van der Waals surface area contributed by atoms with Gasteiger partial charge in [0.25, 0.3) is 0 Å². The molecule has 62 heavy (non-hydrogen) atoms. The van der Waals surface area contributed by atoms with E-state index >= 15 is 0 Å². The van der Waals surface area contributed by atoms with Crippen LogP contribution in [0.15, 0.2) is 48.6 Å². The van der Waals surface area contributed by atoms with E-state index in [1.165, 1.54) is 70.6 Å². The first kappa shape index (κ1) is 57.8. The van der Waals surface area contributed by atoms with Crippen LogP contribution >= 0.6 is 7.82 Å². The molecular weight excluding hydrogens is 819 g/mol. The number of carbonyl (C=O) groups is 2. The van der Waals surface area contributed by atoms with Gasteiger partial charge >= 0.3 is 19.8 Å². The van der Waals surface area contributed by atoms with Crippen molar-refractivity contribution in [2.45, 2.75) is 223 Å². The topological polar surface area (TPSA) is 230 Å². The smallest absolute Gasteiger partial charge is 0.462 e. The molecule has 0 spiro atoms. The summed E-state index contributed by atoms with van der Waals surface area (Å²) in [4.78, 5) is 35.7. The molecular formula is C47H83O14P. The second-order valence-electron chi connectivity index (χ2n) is 16.4. The summed E-state index contributed by atoms with van der Waals surface area (Å²) in [6.45, 7) is 2.98. The van der Waals surface area contributed by atoms with Crippen molar-refractivity contribution in [3.63, 3.8) is 0 Å². The lowest BCUT2D eigenvalue weighted by Crippen LogP contribution is -2.64. The van der Waals surface area contributed by atoms with Gasteiger partial charge in [0.15, 0.2) is 6.10 Å². The molecule has 7 atom stereocenters. The van der Waals surface area contributed by atoms with Crippen LogP contribution in [-0.4, -0.2) is 110 Å².